The molecule has 0 fully saturated rings. The van der Waals surface area contributed by atoms with E-state index in [1.807, 2.05) is 42.5 Å². The van der Waals surface area contributed by atoms with E-state index >= 15 is 0 Å². The van der Waals surface area contributed by atoms with E-state index in [4.69, 9.17) is 10.5 Å². The Hall–Kier alpha value is -3.09. The molecule has 3 aromatic rings. The van der Waals surface area contributed by atoms with E-state index < -0.39 is 0 Å². The number of hydrogen-bond acceptors (Lipinski definition) is 5. The SMILES string of the molecule is N#Cc1ccc(Sc2n[nH]c(-c3ccccc3)n2)cc1C#N. The average Bonchev–Trinajstić information content (AvgIpc) is 3.04. The number of rotatable bonds is 3. The van der Waals surface area contributed by atoms with Gasteiger partial charge in [0.05, 0.1) is 11.1 Å². The quantitative estimate of drug-likeness (QED) is 0.801. The number of hydrogen-bond donors (Lipinski definition) is 1. The Labute approximate surface area is 131 Å². The number of benzene rings is 2. The molecule has 2 aromatic carbocycles. The highest BCUT2D eigenvalue weighted by molar-refractivity contribution is 7.99. The van der Waals surface area contributed by atoms with E-state index in [0.717, 1.165) is 10.5 Å². The van der Waals surface area contributed by atoms with Gasteiger partial charge < -0.3 is 0 Å². The van der Waals surface area contributed by atoms with Gasteiger partial charge in [0.15, 0.2) is 5.82 Å². The van der Waals surface area contributed by atoms with Gasteiger partial charge in [-0.1, -0.05) is 30.3 Å². The van der Waals surface area contributed by atoms with Gasteiger partial charge >= 0.3 is 0 Å². The van der Waals surface area contributed by atoms with Crippen molar-refractivity contribution in [3.05, 3.63) is 59.7 Å². The Morgan fingerprint density at radius 2 is 1.73 bits per heavy atom. The molecule has 1 heterocycles. The molecule has 0 bridgehead atoms. The number of nitrogens with zero attached hydrogens (tertiary/aromatic N) is 4. The number of nitriles is 2. The van der Waals surface area contributed by atoms with E-state index in [1.54, 1.807) is 18.2 Å². The average molecular weight is 303 g/mol. The molecule has 0 aliphatic heterocycles. The van der Waals surface area contributed by atoms with E-state index in [9.17, 15) is 0 Å². The molecule has 0 atom stereocenters. The van der Waals surface area contributed by atoms with Crippen molar-refractivity contribution in [2.45, 2.75) is 10.1 Å². The normalized spacial score (nSPS) is 9.91. The molecule has 0 aliphatic carbocycles. The molecule has 1 aromatic heterocycles. The maximum absolute atomic E-state index is 9.05. The fourth-order valence-electron chi connectivity index (χ4n) is 1.90. The standard InChI is InChI=1S/C16H9N5S/c17-9-12-6-7-14(8-13(12)10-18)22-16-19-15(20-21-16)11-4-2-1-3-5-11/h1-8H,(H,19,20,21). The van der Waals surface area contributed by atoms with Crippen molar-refractivity contribution in [3.8, 4) is 23.5 Å². The van der Waals surface area contributed by atoms with Crippen LogP contribution in [0.15, 0.2) is 58.6 Å². The van der Waals surface area contributed by atoms with E-state index in [0.29, 0.717) is 22.1 Å². The smallest absolute Gasteiger partial charge is 0.213 e. The summed E-state index contributed by atoms with van der Waals surface area (Å²) in [4.78, 5) is 5.24. The zero-order valence-electron chi connectivity index (χ0n) is 11.3. The van der Waals surface area contributed by atoms with Crippen LogP contribution in [0.1, 0.15) is 11.1 Å². The predicted molar refractivity (Wildman–Crippen MR) is 81.8 cm³/mol. The minimum absolute atomic E-state index is 0.353. The largest absolute Gasteiger partial charge is 0.258 e. The van der Waals surface area contributed by atoms with Crippen LogP contribution in [-0.2, 0) is 0 Å². The number of nitrogens with one attached hydrogen (secondary N) is 1. The minimum atomic E-state index is 0.353. The fraction of sp³-hybridized carbons (Fsp3) is 0. The van der Waals surface area contributed by atoms with E-state index in [1.165, 1.54) is 11.8 Å². The number of aromatic amines is 1. The third kappa shape index (κ3) is 2.83. The van der Waals surface area contributed by atoms with E-state index in [2.05, 4.69) is 15.2 Å². The van der Waals surface area contributed by atoms with Crippen LogP contribution in [0.2, 0.25) is 0 Å². The van der Waals surface area contributed by atoms with Crippen molar-refractivity contribution < 1.29 is 0 Å². The van der Waals surface area contributed by atoms with Crippen LogP contribution in [-0.4, -0.2) is 15.2 Å². The lowest BCUT2D eigenvalue weighted by Crippen LogP contribution is -1.85. The molecule has 104 valence electrons. The minimum Gasteiger partial charge on any atom is -0.258 e. The fourth-order valence-corrected chi connectivity index (χ4v) is 2.65. The second-order valence-corrected chi connectivity index (χ2v) is 5.41. The van der Waals surface area contributed by atoms with Gasteiger partial charge in [0.2, 0.25) is 5.16 Å². The van der Waals surface area contributed by atoms with Crippen LogP contribution in [0.4, 0.5) is 0 Å². The van der Waals surface area contributed by atoms with Crippen LogP contribution in [0.5, 0.6) is 0 Å². The third-order valence-electron chi connectivity index (χ3n) is 2.95. The molecule has 6 heteroatoms. The van der Waals surface area contributed by atoms with Gasteiger partial charge in [-0.2, -0.15) is 10.5 Å². The maximum atomic E-state index is 9.05. The zero-order valence-corrected chi connectivity index (χ0v) is 12.1. The number of aromatic nitrogens is 3. The zero-order chi connectivity index (χ0) is 15.4. The Morgan fingerprint density at radius 3 is 2.45 bits per heavy atom. The first kappa shape index (κ1) is 13.9. The first-order valence-electron chi connectivity index (χ1n) is 6.40. The molecule has 5 nitrogen and oxygen atoms in total. The summed E-state index contributed by atoms with van der Waals surface area (Å²) in [6.45, 7) is 0. The predicted octanol–water partition coefficient (Wildman–Crippen LogP) is 3.37. The molecule has 1 N–H and O–H groups in total. The molecule has 0 radical (unpaired) electrons. The van der Waals surface area contributed by atoms with Gasteiger partial charge in [-0.05, 0) is 30.0 Å². The Balaban J connectivity index is 1.85. The highest BCUT2D eigenvalue weighted by Gasteiger charge is 2.09. The van der Waals surface area contributed by atoms with Crippen LogP contribution in [0, 0.1) is 22.7 Å². The summed E-state index contributed by atoms with van der Waals surface area (Å²) < 4.78 is 0. The van der Waals surface area contributed by atoms with Gasteiger partial charge in [-0.25, -0.2) is 4.98 Å². The molecule has 0 saturated carbocycles. The molecule has 0 saturated heterocycles. The Kier molecular flexibility index (Phi) is 3.86. The maximum Gasteiger partial charge on any atom is 0.213 e. The van der Waals surface area contributed by atoms with Gasteiger partial charge in [-0.3, -0.25) is 5.10 Å². The second-order valence-electron chi connectivity index (χ2n) is 4.37. The van der Waals surface area contributed by atoms with Crippen molar-refractivity contribution in [1.29, 1.82) is 10.5 Å². The molecule has 22 heavy (non-hydrogen) atoms. The highest BCUT2D eigenvalue weighted by atomic mass is 32.2. The summed E-state index contributed by atoms with van der Waals surface area (Å²) in [7, 11) is 0. The third-order valence-corrected chi connectivity index (χ3v) is 3.81. The van der Waals surface area contributed by atoms with Crippen molar-refractivity contribution in [3.63, 3.8) is 0 Å². The summed E-state index contributed by atoms with van der Waals surface area (Å²) in [5, 5.41) is 25.6. The van der Waals surface area contributed by atoms with Crippen LogP contribution < -0.4 is 0 Å². The first-order valence-corrected chi connectivity index (χ1v) is 7.22. The molecular weight excluding hydrogens is 294 g/mol. The lowest BCUT2D eigenvalue weighted by Gasteiger charge is -1.99. The topological polar surface area (TPSA) is 89.2 Å². The Morgan fingerprint density at radius 1 is 0.955 bits per heavy atom. The molecule has 3 rings (SSSR count). The van der Waals surface area contributed by atoms with Crippen molar-refractivity contribution in [2.75, 3.05) is 0 Å². The molecule has 0 unspecified atom stereocenters. The van der Waals surface area contributed by atoms with Crippen molar-refractivity contribution >= 4 is 11.8 Å². The lowest BCUT2D eigenvalue weighted by atomic mass is 10.1. The monoisotopic (exact) mass is 303 g/mol. The summed E-state index contributed by atoms with van der Waals surface area (Å²) in [5.74, 6) is 0.692. The van der Waals surface area contributed by atoms with Crippen molar-refractivity contribution in [1.82, 2.24) is 15.2 Å². The van der Waals surface area contributed by atoms with E-state index in [-0.39, 0.29) is 0 Å². The lowest BCUT2D eigenvalue weighted by molar-refractivity contribution is 0.973. The van der Waals surface area contributed by atoms with Crippen LogP contribution >= 0.6 is 11.8 Å². The molecule has 0 aliphatic rings. The van der Waals surface area contributed by atoms with Gasteiger partial charge in [0.1, 0.15) is 12.1 Å². The molecule has 0 amide bonds. The summed E-state index contributed by atoms with van der Waals surface area (Å²) in [6.07, 6.45) is 0. The summed E-state index contributed by atoms with van der Waals surface area (Å²) in [6, 6.07) is 18.8. The molecular formula is C16H9N5S. The summed E-state index contributed by atoms with van der Waals surface area (Å²) >= 11 is 1.34. The molecule has 0 spiro atoms. The highest BCUT2D eigenvalue weighted by Crippen LogP contribution is 2.27. The second kappa shape index (κ2) is 6.13. The first-order chi connectivity index (χ1) is 10.8. The van der Waals surface area contributed by atoms with Gasteiger partial charge in [-0.15, -0.1) is 5.10 Å². The Bertz CT molecular complexity index is 887. The van der Waals surface area contributed by atoms with Gasteiger partial charge in [0, 0.05) is 10.5 Å². The number of H-pyrrole nitrogens is 1. The summed E-state index contributed by atoms with van der Waals surface area (Å²) in [5.41, 5.74) is 1.68. The van der Waals surface area contributed by atoms with Crippen LogP contribution in [0.3, 0.4) is 0 Å². The van der Waals surface area contributed by atoms with Crippen molar-refractivity contribution in [2.24, 2.45) is 0 Å². The van der Waals surface area contributed by atoms with Gasteiger partial charge in [0.25, 0.3) is 0 Å². The van der Waals surface area contributed by atoms with Crippen LogP contribution in [0.25, 0.3) is 11.4 Å².